The van der Waals surface area contributed by atoms with Crippen LogP contribution in [-0.4, -0.2) is 15.9 Å². The number of pyridine rings is 1. The van der Waals surface area contributed by atoms with Gasteiger partial charge in [0.1, 0.15) is 5.82 Å². The molecule has 2 aromatic heterocycles. The first-order valence-corrected chi connectivity index (χ1v) is 7.48. The van der Waals surface area contributed by atoms with Crippen molar-refractivity contribution in [2.45, 2.75) is 26.2 Å². The fraction of sp³-hybridized carbons (Fsp3) is 0.278. The fourth-order valence-electron chi connectivity index (χ4n) is 2.68. The lowest BCUT2D eigenvalue weighted by atomic mass is 10.1. The molecule has 0 radical (unpaired) electrons. The fourth-order valence-corrected chi connectivity index (χ4v) is 2.68. The van der Waals surface area contributed by atoms with Gasteiger partial charge in [0.05, 0.1) is 11.2 Å². The highest BCUT2D eigenvalue weighted by Gasteiger charge is 2.09. The van der Waals surface area contributed by atoms with Gasteiger partial charge in [-0.15, -0.1) is 0 Å². The van der Waals surface area contributed by atoms with E-state index < -0.39 is 0 Å². The molecule has 3 aromatic rings. The molecule has 108 valence electrons. The monoisotopic (exact) mass is 279 g/mol. The van der Waals surface area contributed by atoms with Crippen LogP contribution < -0.4 is 5.73 Å². The normalized spacial score (nSPS) is 11.1. The van der Waals surface area contributed by atoms with E-state index in [2.05, 4.69) is 60.0 Å². The molecule has 0 spiro atoms. The maximum atomic E-state index is 5.69. The zero-order chi connectivity index (χ0) is 14.7. The predicted molar refractivity (Wildman–Crippen MR) is 86.5 cm³/mol. The molecule has 0 amide bonds. The minimum Gasteiger partial charge on any atom is -0.330 e. The number of hydrogen-bond donors (Lipinski definition) is 1. The SMILES string of the molecule is Cc1ccc(CCc2nc(CCN)c3ccccn23)cc1. The largest absolute Gasteiger partial charge is 0.330 e. The Hall–Kier alpha value is -2.13. The molecular weight excluding hydrogens is 258 g/mol. The summed E-state index contributed by atoms with van der Waals surface area (Å²) in [7, 11) is 0. The Balaban J connectivity index is 1.84. The number of nitrogens with zero attached hydrogens (tertiary/aromatic N) is 2. The highest BCUT2D eigenvalue weighted by atomic mass is 15.0. The highest BCUT2D eigenvalue weighted by molar-refractivity contribution is 5.53. The van der Waals surface area contributed by atoms with E-state index in [1.807, 2.05) is 0 Å². The van der Waals surface area contributed by atoms with Crippen molar-refractivity contribution in [3.8, 4) is 0 Å². The van der Waals surface area contributed by atoms with Gasteiger partial charge in [-0.3, -0.25) is 0 Å². The molecule has 2 N–H and O–H groups in total. The maximum Gasteiger partial charge on any atom is 0.113 e. The third kappa shape index (κ3) is 2.98. The summed E-state index contributed by atoms with van der Waals surface area (Å²) in [6, 6.07) is 15.0. The molecule has 21 heavy (non-hydrogen) atoms. The first kappa shape index (κ1) is 13.8. The first-order valence-electron chi connectivity index (χ1n) is 7.48. The van der Waals surface area contributed by atoms with Crippen LogP contribution in [0.25, 0.3) is 5.52 Å². The third-order valence-electron chi connectivity index (χ3n) is 3.84. The van der Waals surface area contributed by atoms with Crippen molar-refractivity contribution in [3.63, 3.8) is 0 Å². The minimum absolute atomic E-state index is 0.638. The van der Waals surface area contributed by atoms with Crippen molar-refractivity contribution in [1.82, 2.24) is 9.38 Å². The van der Waals surface area contributed by atoms with Crippen LogP contribution in [0, 0.1) is 6.92 Å². The number of benzene rings is 1. The van der Waals surface area contributed by atoms with E-state index in [0.717, 1.165) is 30.8 Å². The average Bonchev–Trinajstić information content (AvgIpc) is 2.86. The smallest absolute Gasteiger partial charge is 0.113 e. The second-order valence-corrected chi connectivity index (χ2v) is 5.45. The van der Waals surface area contributed by atoms with Gasteiger partial charge in [0.2, 0.25) is 0 Å². The van der Waals surface area contributed by atoms with Crippen molar-refractivity contribution in [1.29, 1.82) is 0 Å². The number of imidazole rings is 1. The number of aryl methyl sites for hydroxylation is 3. The molecule has 0 bridgehead atoms. The summed E-state index contributed by atoms with van der Waals surface area (Å²) in [5.74, 6) is 1.12. The Morgan fingerprint density at radius 2 is 1.81 bits per heavy atom. The van der Waals surface area contributed by atoms with Gasteiger partial charge in [0, 0.05) is 19.0 Å². The molecule has 1 aromatic carbocycles. The van der Waals surface area contributed by atoms with Gasteiger partial charge in [0.15, 0.2) is 0 Å². The Bertz CT molecular complexity index is 726. The van der Waals surface area contributed by atoms with Gasteiger partial charge in [-0.2, -0.15) is 0 Å². The van der Waals surface area contributed by atoms with Crippen LogP contribution >= 0.6 is 0 Å². The molecule has 0 unspecified atom stereocenters. The van der Waals surface area contributed by atoms with Gasteiger partial charge in [0.25, 0.3) is 0 Å². The number of hydrogen-bond acceptors (Lipinski definition) is 2. The van der Waals surface area contributed by atoms with E-state index in [4.69, 9.17) is 10.7 Å². The molecule has 0 fully saturated rings. The van der Waals surface area contributed by atoms with Crippen LogP contribution in [0.3, 0.4) is 0 Å². The minimum atomic E-state index is 0.638. The Labute approximate surface area is 125 Å². The number of aromatic nitrogens is 2. The molecule has 0 saturated heterocycles. The van der Waals surface area contributed by atoms with Gasteiger partial charge >= 0.3 is 0 Å². The van der Waals surface area contributed by atoms with Crippen molar-refractivity contribution < 1.29 is 0 Å². The Kier molecular flexibility index (Phi) is 4.02. The third-order valence-corrected chi connectivity index (χ3v) is 3.84. The topological polar surface area (TPSA) is 43.3 Å². The van der Waals surface area contributed by atoms with E-state index in [1.54, 1.807) is 0 Å². The van der Waals surface area contributed by atoms with Crippen LogP contribution in [0.1, 0.15) is 22.6 Å². The Morgan fingerprint density at radius 1 is 1.00 bits per heavy atom. The van der Waals surface area contributed by atoms with Crippen molar-refractivity contribution in [3.05, 3.63) is 71.3 Å². The molecule has 0 saturated carbocycles. The van der Waals surface area contributed by atoms with Crippen molar-refractivity contribution in [2.24, 2.45) is 5.73 Å². The summed E-state index contributed by atoms with van der Waals surface area (Å²) in [5, 5.41) is 0. The van der Waals surface area contributed by atoms with Gasteiger partial charge < -0.3 is 10.1 Å². The van der Waals surface area contributed by atoms with Crippen LogP contribution in [0.5, 0.6) is 0 Å². The van der Waals surface area contributed by atoms with Crippen LogP contribution in [0.4, 0.5) is 0 Å². The Morgan fingerprint density at radius 3 is 2.57 bits per heavy atom. The predicted octanol–water partition coefficient (Wildman–Crippen LogP) is 2.93. The quantitative estimate of drug-likeness (QED) is 0.780. The standard InChI is InChI=1S/C18H21N3/c1-14-5-7-15(8-6-14)9-10-18-20-16(11-12-19)17-4-2-3-13-21(17)18/h2-8,13H,9-12,19H2,1H3. The van der Waals surface area contributed by atoms with Crippen molar-refractivity contribution in [2.75, 3.05) is 6.54 Å². The van der Waals surface area contributed by atoms with E-state index >= 15 is 0 Å². The molecule has 0 aliphatic carbocycles. The van der Waals surface area contributed by atoms with Gasteiger partial charge in [-0.05, 0) is 37.6 Å². The lowest BCUT2D eigenvalue weighted by Gasteiger charge is -2.02. The number of nitrogens with two attached hydrogens (primary N) is 1. The average molecular weight is 279 g/mol. The molecule has 0 aliphatic heterocycles. The van der Waals surface area contributed by atoms with Crippen LogP contribution in [0.15, 0.2) is 48.7 Å². The molecule has 2 heterocycles. The summed E-state index contributed by atoms with van der Waals surface area (Å²) in [6.45, 7) is 2.75. The molecule has 3 nitrogen and oxygen atoms in total. The summed E-state index contributed by atoms with van der Waals surface area (Å²) in [6.07, 6.45) is 4.88. The highest BCUT2D eigenvalue weighted by Crippen LogP contribution is 2.15. The first-order chi connectivity index (χ1) is 10.3. The zero-order valence-corrected chi connectivity index (χ0v) is 12.4. The second-order valence-electron chi connectivity index (χ2n) is 5.45. The summed E-state index contributed by atoms with van der Waals surface area (Å²) < 4.78 is 2.19. The molecule has 0 aliphatic rings. The lowest BCUT2D eigenvalue weighted by Crippen LogP contribution is -2.03. The lowest BCUT2D eigenvalue weighted by molar-refractivity contribution is 0.841. The van der Waals surface area contributed by atoms with Crippen LogP contribution in [0.2, 0.25) is 0 Å². The number of rotatable bonds is 5. The molecular formula is C18H21N3. The van der Waals surface area contributed by atoms with E-state index in [9.17, 15) is 0 Å². The summed E-state index contributed by atoms with van der Waals surface area (Å²) in [5.41, 5.74) is 10.6. The van der Waals surface area contributed by atoms with E-state index in [0.29, 0.717) is 6.54 Å². The van der Waals surface area contributed by atoms with Crippen molar-refractivity contribution >= 4 is 5.52 Å². The van der Waals surface area contributed by atoms with Gasteiger partial charge in [-0.25, -0.2) is 4.98 Å². The van der Waals surface area contributed by atoms with E-state index in [1.165, 1.54) is 16.6 Å². The van der Waals surface area contributed by atoms with Crippen LogP contribution in [-0.2, 0) is 19.3 Å². The molecule has 3 heteroatoms. The number of fused-ring (bicyclic) bond motifs is 1. The zero-order valence-electron chi connectivity index (χ0n) is 12.4. The summed E-state index contributed by atoms with van der Waals surface area (Å²) >= 11 is 0. The second kappa shape index (κ2) is 6.10. The maximum absolute atomic E-state index is 5.69. The molecule has 3 rings (SSSR count). The van der Waals surface area contributed by atoms with E-state index in [-0.39, 0.29) is 0 Å². The van der Waals surface area contributed by atoms with Gasteiger partial charge in [-0.1, -0.05) is 35.9 Å². The molecule has 0 atom stereocenters. The summed E-state index contributed by atoms with van der Waals surface area (Å²) in [4.78, 5) is 4.79.